The highest BCUT2D eigenvalue weighted by Crippen LogP contribution is 2.37. The largest absolute Gasteiger partial charge is 0.249 e. The molecule has 0 atom stereocenters. The molecule has 0 N–H and O–H groups in total. The van der Waals surface area contributed by atoms with E-state index in [-0.39, 0.29) is 5.82 Å². The zero-order valence-electron chi connectivity index (χ0n) is 6.56. The summed E-state index contributed by atoms with van der Waals surface area (Å²) in [5.74, 6) is -0.157. The van der Waals surface area contributed by atoms with Gasteiger partial charge in [-0.25, -0.2) is 9.37 Å². The topological polar surface area (TPSA) is 12.9 Å². The number of nitrogens with zero attached hydrogens (tertiary/aromatic N) is 1. The molecular weight excluding hydrogens is 153 g/mol. The molecule has 0 unspecified atom stereocenters. The highest BCUT2D eigenvalue weighted by atomic mass is 19.1. The number of hydrogen-bond acceptors (Lipinski definition) is 1. The minimum Gasteiger partial charge on any atom is -0.249 e. The first kappa shape index (κ1) is 6.12. The monoisotopic (exact) mass is 159 g/mol. The maximum atomic E-state index is 13.4. The molecule has 0 saturated heterocycles. The first-order valence-electron chi connectivity index (χ1n) is 3.88. The van der Waals surface area contributed by atoms with Crippen molar-refractivity contribution >= 4 is 21.7 Å². The molecule has 4 bridgehead atoms. The minimum absolute atomic E-state index is 0.157. The van der Waals surface area contributed by atoms with Crippen molar-refractivity contribution < 1.29 is 4.39 Å². The summed E-state index contributed by atoms with van der Waals surface area (Å²) in [5.41, 5.74) is 1.47. The lowest BCUT2D eigenvalue weighted by atomic mass is 9.95. The Balaban J connectivity index is 2.66. The predicted molar refractivity (Wildman–Crippen MR) is 46.3 cm³/mol. The van der Waals surface area contributed by atoms with Gasteiger partial charge in [-0.15, -0.1) is 0 Å². The van der Waals surface area contributed by atoms with Gasteiger partial charge < -0.3 is 0 Å². The molecule has 2 heteroatoms. The van der Waals surface area contributed by atoms with Crippen LogP contribution in [0.1, 0.15) is 5.69 Å². The van der Waals surface area contributed by atoms with Crippen molar-refractivity contribution in [3.05, 3.63) is 29.7 Å². The molecule has 2 heterocycles. The number of hydrogen-bond donors (Lipinski definition) is 0. The van der Waals surface area contributed by atoms with Gasteiger partial charge >= 0.3 is 0 Å². The van der Waals surface area contributed by atoms with Gasteiger partial charge in [0.2, 0.25) is 0 Å². The summed E-state index contributed by atoms with van der Waals surface area (Å²) in [5, 5.41) is 2.70. The molecule has 12 heavy (non-hydrogen) atoms. The third-order valence-corrected chi connectivity index (χ3v) is 2.39. The lowest BCUT2D eigenvalue weighted by Gasteiger charge is -2.14. The highest BCUT2D eigenvalue weighted by molar-refractivity contribution is 6.24. The number of pyridine rings is 2. The van der Waals surface area contributed by atoms with Crippen molar-refractivity contribution in [1.82, 2.24) is 4.98 Å². The fraction of sp³-hybridized carbons (Fsp3) is 0.100. The Bertz CT molecular complexity index is 514. The molecule has 0 spiro atoms. The number of aromatic nitrogens is 1. The zero-order chi connectivity index (χ0) is 8.29. The van der Waals surface area contributed by atoms with Gasteiger partial charge in [0, 0.05) is 16.2 Å². The average Bonchev–Trinajstić information content (AvgIpc) is 2.11. The summed E-state index contributed by atoms with van der Waals surface area (Å²) >= 11 is 0. The number of halogens is 1. The molecule has 0 amide bonds. The Kier molecular flexibility index (Phi) is 0.845. The molecule has 0 aliphatic heterocycles. The van der Waals surface area contributed by atoms with Crippen LogP contribution in [0, 0.1) is 12.7 Å². The number of rotatable bonds is 0. The third kappa shape index (κ3) is 0.461. The Morgan fingerprint density at radius 1 is 1.25 bits per heavy atom. The van der Waals surface area contributed by atoms with E-state index in [2.05, 4.69) is 4.98 Å². The van der Waals surface area contributed by atoms with Crippen LogP contribution in [0.25, 0.3) is 21.7 Å². The van der Waals surface area contributed by atoms with Gasteiger partial charge in [-0.1, -0.05) is 18.2 Å². The minimum atomic E-state index is -0.157. The van der Waals surface area contributed by atoms with Crippen molar-refractivity contribution in [3.63, 3.8) is 0 Å². The van der Waals surface area contributed by atoms with Gasteiger partial charge in [-0.3, -0.25) is 0 Å². The van der Waals surface area contributed by atoms with Crippen LogP contribution in [0.15, 0.2) is 18.2 Å². The predicted octanol–water partition coefficient (Wildman–Crippen LogP) is 2.71. The summed E-state index contributed by atoms with van der Waals surface area (Å²) < 4.78 is 13.4. The Hall–Kier alpha value is -1.44. The normalized spacial score (nSPS) is 12.2. The second kappa shape index (κ2) is 1.66. The van der Waals surface area contributed by atoms with Gasteiger partial charge in [-0.2, -0.15) is 0 Å². The van der Waals surface area contributed by atoms with Gasteiger partial charge in [0.05, 0.1) is 11.2 Å². The van der Waals surface area contributed by atoms with E-state index in [1.165, 1.54) is 0 Å². The van der Waals surface area contributed by atoms with Crippen LogP contribution in [-0.2, 0) is 0 Å². The molecule has 0 aliphatic carbocycles. The van der Waals surface area contributed by atoms with E-state index in [1.54, 1.807) is 6.92 Å². The van der Waals surface area contributed by atoms with E-state index in [0.717, 1.165) is 21.7 Å². The number of para-hydroxylation sites is 1. The maximum Gasteiger partial charge on any atom is 0.152 e. The van der Waals surface area contributed by atoms with E-state index in [0.29, 0.717) is 5.69 Å². The number of benzene rings is 2. The highest BCUT2D eigenvalue weighted by Gasteiger charge is 2.18. The van der Waals surface area contributed by atoms with Crippen molar-refractivity contribution in [2.24, 2.45) is 0 Å². The summed E-state index contributed by atoms with van der Waals surface area (Å²) in [6.45, 7) is 1.70. The Labute approximate surface area is 68.5 Å². The first-order valence-corrected chi connectivity index (χ1v) is 3.88. The van der Waals surface area contributed by atoms with Crippen LogP contribution in [0.4, 0.5) is 4.39 Å². The molecule has 1 nitrogen and oxygen atoms in total. The zero-order valence-corrected chi connectivity index (χ0v) is 6.56. The van der Waals surface area contributed by atoms with E-state index in [1.807, 2.05) is 18.2 Å². The maximum absolute atomic E-state index is 13.4. The standard InChI is InChI=1S/C10H6FN/c1-5-9(11)8-6-3-2-4-7(8)10(6)12-5/h2-4H,1H3. The fourth-order valence-corrected chi connectivity index (χ4v) is 1.78. The number of fused-ring (bicyclic) bond motifs is 2. The molecule has 4 rings (SSSR count). The lowest BCUT2D eigenvalue weighted by Crippen LogP contribution is -1.98. The van der Waals surface area contributed by atoms with Gasteiger partial charge in [0.15, 0.2) is 5.82 Å². The quantitative estimate of drug-likeness (QED) is 0.491. The van der Waals surface area contributed by atoms with Crippen LogP contribution in [0.5, 0.6) is 0 Å². The van der Waals surface area contributed by atoms with Gasteiger partial charge in [0.1, 0.15) is 0 Å². The average molecular weight is 159 g/mol. The molecular formula is C10H6FN. The summed E-state index contributed by atoms with van der Waals surface area (Å²) in [6, 6.07) is 5.75. The van der Waals surface area contributed by atoms with E-state index < -0.39 is 0 Å². The lowest BCUT2D eigenvalue weighted by molar-refractivity contribution is 0.623. The molecule has 0 aliphatic rings. The van der Waals surface area contributed by atoms with Crippen LogP contribution in [0.3, 0.4) is 0 Å². The van der Waals surface area contributed by atoms with Crippen molar-refractivity contribution in [2.75, 3.05) is 0 Å². The van der Waals surface area contributed by atoms with Crippen molar-refractivity contribution in [1.29, 1.82) is 0 Å². The smallest absolute Gasteiger partial charge is 0.152 e. The summed E-state index contributed by atoms with van der Waals surface area (Å²) in [7, 11) is 0. The summed E-state index contributed by atoms with van der Waals surface area (Å²) in [4.78, 5) is 4.16. The second-order valence-electron chi connectivity index (χ2n) is 3.09. The van der Waals surface area contributed by atoms with Crippen molar-refractivity contribution in [2.45, 2.75) is 6.92 Å². The van der Waals surface area contributed by atoms with Crippen LogP contribution >= 0.6 is 0 Å². The van der Waals surface area contributed by atoms with E-state index in [9.17, 15) is 4.39 Å². The van der Waals surface area contributed by atoms with Gasteiger partial charge in [-0.05, 0) is 6.92 Å². The third-order valence-electron chi connectivity index (χ3n) is 2.39. The van der Waals surface area contributed by atoms with E-state index in [4.69, 9.17) is 0 Å². The fourth-order valence-electron chi connectivity index (χ4n) is 1.78. The van der Waals surface area contributed by atoms with Crippen molar-refractivity contribution in [3.8, 4) is 0 Å². The second-order valence-corrected chi connectivity index (χ2v) is 3.09. The summed E-state index contributed by atoms with van der Waals surface area (Å²) in [6.07, 6.45) is 0. The Morgan fingerprint density at radius 3 is 2.50 bits per heavy atom. The van der Waals surface area contributed by atoms with E-state index >= 15 is 0 Å². The molecule has 0 fully saturated rings. The molecule has 0 radical (unpaired) electrons. The Morgan fingerprint density at radius 2 is 1.92 bits per heavy atom. The molecule has 58 valence electrons. The molecule has 2 aromatic carbocycles. The van der Waals surface area contributed by atoms with Crippen LogP contribution < -0.4 is 0 Å². The van der Waals surface area contributed by atoms with Crippen LogP contribution in [0.2, 0.25) is 0 Å². The van der Waals surface area contributed by atoms with Crippen LogP contribution in [-0.4, -0.2) is 4.98 Å². The number of aryl methyl sites for hydroxylation is 1. The van der Waals surface area contributed by atoms with Gasteiger partial charge in [0.25, 0.3) is 0 Å². The first-order chi connectivity index (χ1) is 5.79. The molecule has 2 aromatic heterocycles. The SMILES string of the molecule is Cc1nc2c3cccc2c3c1F. The molecule has 0 saturated carbocycles. The molecule has 4 aromatic rings.